The van der Waals surface area contributed by atoms with E-state index in [9.17, 15) is 4.79 Å². The summed E-state index contributed by atoms with van der Waals surface area (Å²) in [4.78, 5) is 16.2. The van der Waals surface area contributed by atoms with Gasteiger partial charge in [-0.3, -0.25) is 9.67 Å². The smallest absolute Gasteiger partial charge is 0.319 e. The number of nitrogens with zero attached hydrogens (tertiary/aromatic N) is 3. The average Bonchev–Trinajstić information content (AvgIpc) is 3.33. The van der Waals surface area contributed by atoms with Crippen molar-refractivity contribution in [1.29, 1.82) is 0 Å². The van der Waals surface area contributed by atoms with Crippen LogP contribution in [0.1, 0.15) is 44.3 Å². The number of ether oxygens (including phenoxy) is 1. The minimum atomic E-state index is -0.278. The molecule has 0 unspecified atom stereocenters. The minimum Gasteiger partial charge on any atom is -0.495 e. The van der Waals surface area contributed by atoms with Crippen LogP contribution >= 0.6 is 0 Å². The third-order valence-corrected chi connectivity index (χ3v) is 4.43. The van der Waals surface area contributed by atoms with E-state index in [1.54, 1.807) is 25.7 Å². The van der Waals surface area contributed by atoms with Gasteiger partial charge < -0.3 is 15.4 Å². The van der Waals surface area contributed by atoms with Crippen molar-refractivity contribution in [2.75, 3.05) is 12.4 Å². The summed E-state index contributed by atoms with van der Waals surface area (Å²) in [6.45, 7) is 4.06. The van der Waals surface area contributed by atoms with Crippen molar-refractivity contribution >= 4 is 11.7 Å². The van der Waals surface area contributed by atoms with Gasteiger partial charge in [-0.05, 0) is 38.7 Å². The van der Waals surface area contributed by atoms with Crippen molar-refractivity contribution in [3.8, 4) is 5.75 Å². The summed E-state index contributed by atoms with van der Waals surface area (Å²) in [7, 11) is 1.59. The molecular formula is C17H23N5O2. The number of nitrogens with one attached hydrogen (secondary N) is 2. The third-order valence-electron chi connectivity index (χ3n) is 4.43. The van der Waals surface area contributed by atoms with Crippen molar-refractivity contribution in [3.05, 3.63) is 36.4 Å². The molecule has 0 spiro atoms. The molecule has 2 amide bonds. The maximum Gasteiger partial charge on any atom is 0.319 e. The van der Waals surface area contributed by atoms with E-state index in [1.165, 1.54) is 12.8 Å². The van der Waals surface area contributed by atoms with Crippen LogP contribution in [0, 0.1) is 5.92 Å². The number of anilines is 1. The van der Waals surface area contributed by atoms with Gasteiger partial charge in [0.2, 0.25) is 0 Å². The van der Waals surface area contributed by atoms with E-state index < -0.39 is 0 Å². The van der Waals surface area contributed by atoms with Gasteiger partial charge in [-0.15, -0.1) is 0 Å². The van der Waals surface area contributed by atoms with E-state index in [-0.39, 0.29) is 12.1 Å². The van der Waals surface area contributed by atoms with Crippen molar-refractivity contribution < 1.29 is 9.53 Å². The van der Waals surface area contributed by atoms with E-state index in [1.807, 2.05) is 23.9 Å². The van der Waals surface area contributed by atoms with Crippen LogP contribution in [0.3, 0.4) is 0 Å². The number of carbonyl (C=O) groups excluding carboxylic acids is 1. The van der Waals surface area contributed by atoms with Gasteiger partial charge in [0.15, 0.2) is 0 Å². The molecule has 2 atom stereocenters. The zero-order valence-electron chi connectivity index (χ0n) is 14.2. The second-order valence-corrected chi connectivity index (χ2v) is 6.22. The highest BCUT2D eigenvalue weighted by molar-refractivity contribution is 5.89. The first kappa shape index (κ1) is 16.3. The molecule has 1 fully saturated rings. The lowest BCUT2D eigenvalue weighted by atomic mass is 10.1. The van der Waals surface area contributed by atoms with E-state index in [0.717, 1.165) is 5.56 Å². The number of amides is 2. The van der Waals surface area contributed by atoms with Crippen LogP contribution in [-0.2, 0) is 0 Å². The Hall–Kier alpha value is -2.57. The molecule has 2 heterocycles. The van der Waals surface area contributed by atoms with Gasteiger partial charge >= 0.3 is 6.03 Å². The number of methoxy groups -OCH3 is 1. The lowest BCUT2D eigenvalue weighted by Crippen LogP contribution is -2.31. The maximum absolute atomic E-state index is 12.2. The van der Waals surface area contributed by atoms with Crippen LogP contribution in [0.2, 0.25) is 0 Å². The first-order valence-corrected chi connectivity index (χ1v) is 8.18. The average molecular weight is 329 g/mol. The monoisotopic (exact) mass is 329 g/mol. The van der Waals surface area contributed by atoms with E-state index in [4.69, 9.17) is 4.74 Å². The first-order chi connectivity index (χ1) is 11.6. The normalized spacial score (nSPS) is 16.3. The summed E-state index contributed by atoms with van der Waals surface area (Å²) in [5, 5.41) is 10.1. The Morgan fingerprint density at radius 1 is 1.38 bits per heavy atom. The Labute approximate surface area is 141 Å². The summed E-state index contributed by atoms with van der Waals surface area (Å²) in [5.74, 6) is 1.36. The highest BCUT2D eigenvalue weighted by atomic mass is 16.5. The zero-order chi connectivity index (χ0) is 17.1. The molecule has 128 valence electrons. The van der Waals surface area contributed by atoms with Crippen LogP contribution in [0.15, 0.2) is 30.9 Å². The Balaban J connectivity index is 1.59. The first-order valence-electron chi connectivity index (χ1n) is 8.18. The largest absolute Gasteiger partial charge is 0.495 e. The molecule has 0 saturated heterocycles. The number of pyridine rings is 1. The molecule has 1 aliphatic rings. The Morgan fingerprint density at radius 3 is 2.88 bits per heavy atom. The fraction of sp³-hybridized carbons (Fsp3) is 0.471. The number of hydrogen-bond donors (Lipinski definition) is 2. The lowest BCUT2D eigenvalue weighted by Gasteiger charge is -2.17. The molecule has 0 radical (unpaired) electrons. The van der Waals surface area contributed by atoms with Crippen molar-refractivity contribution in [1.82, 2.24) is 20.1 Å². The van der Waals surface area contributed by atoms with Gasteiger partial charge in [0.1, 0.15) is 5.75 Å². The standard InChI is InChI=1S/C17H23N5O2/c1-11(15-6-7-18-9-16(15)24-3)20-17(23)21-14-8-19-22(10-14)12(2)13-4-5-13/h6-13H,4-5H2,1-3H3,(H2,20,21,23)/t11-,12-/m1/s1. The molecule has 0 bridgehead atoms. The molecule has 0 aliphatic heterocycles. The predicted octanol–water partition coefficient (Wildman–Crippen LogP) is 3.14. The molecule has 3 rings (SSSR count). The quantitative estimate of drug-likeness (QED) is 0.853. The number of aromatic nitrogens is 3. The lowest BCUT2D eigenvalue weighted by molar-refractivity contribution is 0.249. The molecular weight excluding hydrogens is 306 g/mol. The molecule has 2 aromatic heterocycles. The minimum absolute atomic E-state index is 0.205. The van der Waals surface area contributed by atoms with Gasteiger partial charge in [-0.2, -0.15) is 5.10 Å². The molecule has 2 aromatic rings. The topological polar surface area (TPSA) is 81.1 Å². The number of carbonyl (C=O) groups is 1. The van der Waals surface area contributed by atoms with Crippen molar-refractivity contribution in [3.63, 3.8) is 0 Å². The van der Waals surface area contributed by atoms with Gasteiger partial charge in [0.05, 0.1) is 37.3 Å². The van der Waals surface area contributed by atoms with Crippen LogP contribution in [0.5, 0.6) is 5.75 Å². The fourth-order valence-corrected chi connectivity index (χ4v) is 2.78. The maximum atomic E-state index is 12.2. The van der Waals surface area contributed by atoms with Crippen LogP contribution < -0.4 is 15.4 Å². The molecule has 7 nitrogen and oxygen atoms in total. The summed E-state index contributed by atoms with van der Waals surface area (Å²) in [6, 6.07) is 1.73. The van der Waals surface area contributed by atoms with E-state index in [0.29, 0.717) is 23.4 Å². The number of rotatable bonds is 6. The second kappa shape index (κ2) is 6.90. The summed E-state index contributed by atoms with van der Waals surface area (Å²) in [6.07, 6.45) is 9.38. The van der Waals surface area contributed by atoms with E-state index >= 15 is 0 Å². The predicted molar refractivity (Wildman–Crippen MR) is 91.0 cm³/mol. The zero-order valence-corrected chi connectivity index (χ0v) is 14.2. The van der Waals surface area contributed by atoms with Crippen LogP contribution in [0.4, 0.5) is 10.5 Å². The fourth-order valence-electron chi connectivity index (χ4n) is 2.78. The van der Waals surface area contributed by atoms with Crippen molar-refractivity contribution in [2.45, 2.75) is 38.8 Å². The SMILES string of the molecule is COc1cnccc1[C@@H](C)NC(=O)Nc1cnn([C@H](C)C2CC2)c1. The molecule has 2 N–H and O–H groups in total. The van der Waals surface area contributed by atoms with Gasteiger partial charge in [-0.1, -0.05) is 0 Å². The van der Waals surface area contributed by atoms with Crippen LogP contribution in [-0.4, -0.2) is 27.9 Å². The van der Waals surface area contributed by atoms with Gasteiger partial charge in [-0.25, -0.2) is 4.79 Å². The Kier molecular flexibility index (Phi) is 4.69. The Bertz CT molecular complexity index is 711. The Morgan fingerprint density at radius 2 is 2.17 bits per heavy atom. The third kappa shape index (κ3) is 3.67. The molecule has 1 saturated carbocycles. The number of urea groups is 1. The second-order valence-electron chi connectivity index (χ2n) is 6.22. The highest BCUT2D eigenvalue weighted by Crippen LogP contribution is 2.39. The molecule has 1 aliphatic carbocycles. The molecule has 24 heavy (non-hydrogen) atoms. The molecule has 7 heteroatoms. The number of hydrogen-bond acceptors (Lipinski definition) is 4. The molecule has 0 aromatic carbocycles. The van der Waals surface area contributed by atoms with Gasteiger partial charge in [0, 0.05) is 18.0 Å². The van der Waals surface area contributed by atoms with Crippen LogP contribution in [0.25, 0.3) is 0 Å². The summed E-state index contributed by atoms with van der Waals surface area (Å²) < 4.78 is 7.20. The van der Waals surface area contributed by atoms with E-state index in [2.05, 4.69) is 27.6 Å². The van der Waals surface area contributed by atoms with Crippen molar-refractivity contribution in [2.24, 2.45) is 5.92 Å². The highest BCUT2D eigenvalue weighted by Gasteiger charge is 2.29. The summed E-state index contributed by atoms with van der Waals surface area (Å²) in [5.41, 5.74) is 1.56. The van der Waals surface area contributed by atoms with Gasteiger partial charge in [0.25, 0.3) is 0 Å². The summed E-state index contributed by atoms with van der Waals surface area (Å²) >= 11 is 0.